The van der Waals surface area contributed by atoms with Crippen LogP contribution in [0.25, 0.3) is 0 Å². The van der Waals surface area contributed by atoms with Crippen LogP contribution in [0.5, 0.6) is 11.5 Å². The minimum absolute atomic E-state index is 0.152. The molecule has 3 rings (SSSR count). The normalized spacial score (nSPS) is 15.1. The van der Waals surface area contributed by atoms with Crippen LogP contribution in [0, 0.1) is 0 Å². The number of thioether (sulfide) groups is 1. The molecule has 2 aromatic carbocycles. The van der Waals surface area contributed by atoms with Gasteiger partial charge in [-0.25, -0.2) is 4.79 Å². The van der Waals surface area contributed by atoms with Crippen LogP contribution >= 0.6 is 11.8 Å². The Balaban J connectivity index is 1.79. The number of alkyl halides is 3. The van der Waals surface area contributed by atoms with E-state index in [0.717, 1.165) is 29.9 Å². The summed E-state index contributed by atoms with van der Waals surface area (Å²) in [4.78, 5) is 11.1. The number of carboxylic acid groups (broad SMARTS) is 1. The molecule has 2 aromatic rings. The Morgan fingerprint density at radius 1 is 1.15 bits per heavy atom. The topological polar surface area (TPSA) is 65.0 Å². The Hall–Kier alpha value is -2.55. The van der Waals surface area contributed by atoms with Crippen molar-refractivity contribution in [2.24, 2.45) is 0 Å². The van der Waals surface area contributed by atoms with Gasteiger partial charge in [-0.15, -0.1) is 13.2 Å². The largest absolute Gasteiger partial charge is 0.573 e. The Morgan fingerprint density at radius 2 is 1.85 bits per heavy atom. The molecule has 1 aliphatic carbocycles. The van der Waals surface area contributed by atoms with E-state index in [2.05, 4.69) is 9.47 Å². The molecule has 0 spiro atoms. The Kier molecular flexibility index (Phi) is 5.41. The second-order valence-electron chi connectivity index (χ2n) is 5.80. The molecule has 0 bridgehead atoms. The van der Waals surface area contributed by atoms with E-state index in [9.17, 15) is 18.0 Å². The molecule has 0 atom stereocenters. The van der Waals surface area contributed by atoms with Crippen molar-refractivity contribution >= 4 is 17.9 Å². The molecule has 144 valence electrons. The molecule has 0 saturated heterocycles. The second-order valence-corrected chi connectivity index (χ2v) is 7.22. The van der Waals surface area contributed by atoms with Crippen molar-refractivity contribution < 1.29 is 37.3 Å². The Bertz CT molecular complexity index is 806. The molecule has 1 fully saturated rings. The first-order valence-electron chi connectivity index (χ1n) is 7.92. The number of hydrogen-bond acceptors (Lipinski definition) is 5. The van der Waals surface area contributed by atoms with Gasteiger partial charge in [0.1, 0.15) is 18.1 Å². The average Bonchev–Trinajstić information content (AvgIpc) is 3.33. The highest BCUT2D eigenvalue weighted by molar-refractivity contribution is 8.00. The highest BCUT2D eigenvalue weighted by Crippen LogP contribution is 2.53. The molecule has 0 aromatic heterocycles. The molecular weight excluding hydrogens is 385 g/mol. The molecule has 0 unspecified atom stereocenters. The summed E-state index contributed by atoms with van der Waals surface area (Å²) in [5.74, 6) is -0.217. The number of benzene rings is 2. The first-order chi connectivity index (χ1) is 12.7. The maximum absolute atomic E-state index is 12.4. The van der Waals surface area contributed by atoms with Gasteiger partial charge in [-0.05, 0) is 30.3 Å². The summed E-state index contributed by atoms with van der Waals surface area (Å²) in [5, 5.41) is 8.68. The number of ether oxygens (including phenoxy) is 3. The lowest BCUT2D eigenvalue weighted by Crippen LogP contribution is -2.18. The molecule has 1 saturated carbocycles. The van der Waals surface area contributed by atoms with Crippen LogP contribution in [0.15, 0.2) is 53.4 Å². The van der Waals surface area contributed by atoms with Crippen molar-refractivity contribution in [1.29, 1.82) is 0 Å². The average molecular weight is 400 g/mol. The van der Waals surface area contributed by atoms with Gasteiger partial charge in [0.25, 0.3) is 0 Å². The summed E-state index contributed by atoms with van der Waals surface area (Å²) < 4.78 is 51.7. The minimum atomic E-state index is -4.85. The molecule has 27 heavy (non-hydrogen) atoms. The molecule has 1 N–H and O–H groups in total. The van der Waals surface area contributed by atoms with Crippen LogP contribution in [0.4, 0.5) is 18.0 Å². The summed E-state index contributed by atoms with van der Waals surface area (Å²) in [6.45, 7) is -0.453. The monoisotopic (exact) mass is 400 g/mol. The Labute approximate surface area is 157 Å². The fourth-order valence-electron chi connectivity index (χ4n) is 2.34. The van der Waals surface area contributed by atoms with E-state index in [4.69, 9.17) is 9.84 Å². The van der Waals surface area contributed by atoms with E-state index in [1.165, 1.54) is 17.8 Å². The number of rotatable bonds is 7. The third-order valence-electron chi connectivity index (χ3n) is 3.62. The van der Waals surface area contributed by atoms with Crippen molar-refractivity contribution in [1.82, 2.24) is 0 Å². The van der Waals surface area contributed by atoms with E-state index in [-0.39, 0.29) is 11.3 Å². The van der Waals surface area contributed by atoms with Crippen LogP contribution in [-0.2, 0) is 11.3 Å². The molecule has 0 amide bonds. The molecule has 5 nitrogen and oxygen atoms in total. The number of hydrogen-bond donors (Lipinski definition) is 1. The molecule has 1 aliphatic rings. The van der Waals surface area contributed by atoms with Crippen molar-refractivity contribution in [2.45, 2.75) is 35.6 Å². The predicted octanol–water partition coefficient (Wildman–Crippen LogP) is 5.44. The van der Waals surface area contributed by atoms with Gasteiger partial charge in [-0.1, -0.05) is 30.0 Å². The van der Waals surface area contributed by atoms with E-state index in [1.54, 1.807) is 0 Å². The number of halogens is 3. The lowest BCUT2D eigenvalue weighted by atomic mass is 10.2. The van der Waals surface area contributed by atoms with E-state index in [0.29, 0.717) is 0 Å². The van der Waals surface area contributed by atoms with E-state index in [1.807, 2.05) is 30.3 Å². The third-order valence-corrected chi connectivity index (χ3v) is 4.99. The highest BCUT2D eigenvalue weighted by Gasteiger charge is 2.47. The van der Waals surface area contributed by atoms with Gasteiger partial charge in [0.2, 0.25) is 0 Å². The molecule has 9 heteroatoms. The molecule has 0 heterocycles. The van der Waals surface area contributed by atoms with Crippen molar-refractivity contribution in [2.75, 3.05) is 0 Å². The van der Waals surface area contributed by atoms with Gasteiger partial charge in [0.15, 0.2) is 4.93 Å². The fourth-order valence-corrected chi connectivity index (χ4v) is 3.50. The second kappa shape index (κ2) is 7.59. The zero-order valence-corrected chi connectivity index (χ0v) is 14.7. The predicted molar refractivity (Wildman–Crippen MR) is 90.8 cm³/mol. The quantitative estimate of drug-likeness (QED) is 0.493. The smallest absolute Gasteiger partial charge is 0.476 e. The van der Waals surface area contributed by atoms with Crippen molar-refractivity contribution in [3.8, 4) is 11.5 Å². The molecule has 0 radical (unpaired) electrons. The highest BCUT2D eigenvalue weighted by atomic mass is 32.2. The van der Waals surface area contributed by atoms with Gasteiger partial charge >= 0.3 is 12.5 Å². The molecular formula is C18H15F3O5S. The van der Waals surface area contributed by atoms with Crippen LogP contribution in [0.1, 0.15) is 18.4 Å². The first-order valence-corrected chi connectivity index (χ1v) is 8.74. The standard InChI is InChI=1S/C18H15F3O5S/c19-18(20,21)25-13-6-7-15(12(10-13)11-24-16(22)23)26-17(8-9-17)27-14-4-2-1-3-5-14/h1-7,10H,8-9,11H2,(H,22,23). The van der Waals surface area contributed by atoms with Gasteiger partial charge in [-0.2, -0.15) is 0 Å². The summed E-state index contributed by atoms with van der Waals surface area (Å²) >= 11 is 1.51. The number of carbonyl (C=O) groups is 1. The maximum Gasteiger partial charge on any atom is 0.573 e. The fraction of sp³-hybridized carbons (Fsp3) is 0.278. The summed E-state index contributed by atoms with van der Waals surface area (Å²) in [5.41, 5.74) is 0.152. The first kappa shape index (κ1) is 19.2. The molecule has 0 aliphatic heterocycles. The van der Waals surface area contributed by atoms with E-state index >= 15 is 0 Å². The van der Waals surface area contributed by atoms with Gasteiger partial charge in [0.05, 0.1) is 0 Å². The van der Waals surface area contributed by atoms with Crippen LogP contribution in [0.3, 0.4) is 0 Å². The zero-order valence-electron chi connectivity index (χ0n) is 13.9. The summed E-state index contributed by atoms with van der Waals surface area (Å²) in [6, 6.07) is 13.1. The summed E-state index contributed by atoms with van der Waals surface area (Å²) in [7, 11) is 0. The Morgan fingerprint density at radius 3 is 2.44 bits per heavy atom. The van der Waals surface area contributed by atoms with Crippen LogP contribution < -0.4 is 9.47 Å². The van der Waals surface area contributed by atoms with E-state index < -0.39 is 29.8 Å². The van der Waals surface area contributed by atoms with Gasteiger partial charge in [0, 0.05) is 23.3 Å². The minimum Gasteiger partial charge on any atom is -0.476 e. The lowest BCUT2D eigenvalue weighted by Gasteiger charge is -2.20. The zero-order chi connectivity index (χ0) is 19.5. The van der Waals surface area contributed by atoms with Crippen LogP contribution in [-0.4, -0.2) is 22.6 Å². The van der Waals surface area contributed by atoms with Crippen LogP contribution in [0.2, 0.25) is 0 Å². The van der Waals surface area contributed by atoms with Crippen molar-refractivity contribution in [3.63, 3.8) is 0 Å². The maximum atomic E-state index is 12.4. The van der Waals surface area contributed by atoms with Gasteiger partial charge in [-0.3, -0.25) is 0 Å². The third kappa shape index (κ3) is 5.72. The van der Waals surface area contributed by atoms with Gasteiger partial charge < -0.3 is 19.3 Å². The SMILES string of the molecule is O=C(O)OCc1cc(OC(F)(F)F)ccc1OC1(Sc2ccccc2)CC1. The van der Waals surface area contributed by atoms with Crippen molar-refractivity contribution in [3.05, 3.63) is 54.1 Å². The summed E-state index contributed by atoms with van der Waals surface area (Å²) in [6.07, 6.45) is -4.88. The lowest BCUT2D eigenvalue weighted by molar-refractivity contribution is -0.274.